The van der Waals surface area contributed by atoms with Gasteiger partial charge in [0.25, 0.3) is 11.6 Å². The number of benzene rings is 1. The third-order valence-electron chi connectivity index (χ3n) is 2.66. The van der Waals surface area contributed by atoms with E-state index in [0.29, 0.717) is 6.54 Å². The highest BCUT2D eigenvalue weighted by atomic mass is 16.6. The minimum atomic E-state index is -0.696. The lowest BCUT2D eigenvalue weighted by Gasteiger charge is -2.24. The van der Waals surface area contributed by atoms with Crippen molar-refractivity contribution in [3.8, 4) is 0 Å². The molecule has 0 aromatic heterocycles. The van der Waals surface area contributed by atoms with Gasteiger partial charge >= 0.3 is 0 Å². The fourth-order valence-electron chi connectivity index (χ4n) is 1.60. The van der Waals surface area contributed by atoms with Gasteiger partial charge in [0.2, 0.25) is 0 Å². The van der Waals surface area contributed by atoms with Gasteiger partial charge in [-0.15, -0.1) is 0 Å². The summed E-state index contributed by atoms with van der Waals surface area (Å²) in [7, 11) is 0. The van der Waals surface area contributed by atoms with Gasteiger partial charge in [0.1, 0.15) is 5.69 Å². The van der Waals surface area contributed by atoms with E-state index in [0.717, 1.165) is 0 Å². The van der Waals surface area contributed by atoms with Crippen LogP contribution in [0.15, 0.2) is 18.2 Å². The molecule has 0 saturated carbocycles. The minimum absolute atomic E-state index is 0.178. The molecule has 1 aromatic carbocycles. The Hall–Kier alpha value is -2.15. The van der Waals surface area contributed by atoms with Crippen molar-refractivity contribution in [3.05, 3.63) is 33.9 Å². The summed E-state index contributed by atoms with van der Waals surface area (Å²) in [6, 6.07) is 4.20. The molecule has 20 heavy (non-hydrogen) atoms. The SMILES string of the molecule is CCNC(=O)c1ccc(NC(C)(C)CO)c([N+](=O)[O-])c1. The Kier molecular flexibility index (Phi) is 5.04. The quantitative estimate of drug-likeness (QED) is 0.541. The first kappa shape index (κ1) is 15.9. The van der Waals surface area contributed by atoms with Crippen LogP contribution in [0.1, 0.15) is 31.1 Å². The third kappa shape index (κ3) is 3.92. The van der Waals surface area contributed by atoms with Crippen molar-refractivity contribution < 1.29 is 14.8 Å². The monoisotopic (exact) mass is 281 g/mol. The number of rotatable bonds is 6. The van der Waals surface area contributed by atoms with Crippen LogP contribution in [-0.4, -0.2) is 34.6 Å². The van der Waals surface area contributed by atoms with Gasteiger partial charge in [-0.3, -0.25) is 14.9 Å². The molecule has 0 aliphatic rings. The van der Waals surface area contributed by atoms with Crippen LogP contribution in [0, 0.1) is 10.1 Å². The number of aliphatic hydroxyl groups excluding tert-OH is 1. The van der Waals surface area contributed by atoms with Gasteiger partial charge in [-0.25, -0.2) is 0 Å². The summed E-state index contributed by atoms with van der Waals surface area (Å²) in [5, 5.41) is 25.8. The third-order valence-corrected chi connectivity index (χ3v) is 2.66. The first-order chi connectivity index (χ1) is 9.30. The number of aliphatic hydroxyl groups is 1. The van der Waals surface area contributed by atoms with Crippen LogP contribution in [0.25, 0.3) is 0 Å². The molecule has 3 N–H and O–H groups in total. The Morgan fingerprint density at radius 2 is 2.10 bits per heavy atom. The maximum absolute atomic E-state index is 11.7. The smallest absolute Gasteiger partial charge is 0.293 e. The summed E-state index contributed by atoms with van der Waals surface area (Å²) in [6.45, 7) is 5.47. The molecule has 7 nitrogen and oxygen atoms in total. The maximum atomic E-state index is 11.7. The first-order valence-electron chi connectivity index (χ1n) is 6.26. The number of carbonyl (C=O) groups is 1. The molecule has 0 aliphatic carbocycles. The van der Waals surface area contributed by atoms with E-state index in [1.54, 1.807) is 20.8 Å². The Morgan fingerprint density at radius 1 is 1.45 bits per heavy atom. The van der Waals surface area contributed by atoms with Crippen molar-refractivity contribution in [2.75, 3.05) is 18.5 Å². The second-order valence-electron chi connectivity index (χ2n) is 5.02. The van der Waals surface area contributed by atoms with Crippen LogP contribution in [0.3, 0.4) is 0 Å². The maximum Gasteiger partial charge on any atom is 0.293 e. The number of hydrogen-bond acceptors (Lipinski definition) is 5. The number of hydrogen-bond donors (Lipinski definition) is 3. The number of nitrogens with zero attached hydrogens (tertiary/aromatic N) is 1. The molecule has 0 aliphatic heterocycles. The van der Waals surface area contributed by atoms with Gasteiger partial charge in [-0.1, -0.05) is 0 Å². The van der Waals surface area contributed by atoms with Crippen molar-refractivity contribution in [2.45, 2.75) is 26.3 Å². The van der Waals surface area contributed by atoms with Gasteiger partial charge in [0.05, 0.1) is 17.1 Å². The lowest BCUT2D eigenvalue weighted by Crippen LogP contribution is -2.35. The zero-order chi connectivity index (χ0) is 15.3. The van der Waals surface area contributed by atoms with Crippen molar-refractivity contribution in [2.24, 2.45) is 0 Å². The summed E-state index contributed by atoms with van der Waals surface area (Å²) < 4.78 is 0. The van der Waals surface area contributed by atoms with E-state index in [4.69, 9.17) is 0 Å². The van der Waals surface area contributed by atoms with Crippen LogP contribution in [0.4, 0.5) is 11.4 Å². The predicted octanol–water partition coefficient (Wildman–Crippen LogP) is 1.53. The van der Waals surface area contributed by atoms with E-state index in [1.807, 2.05) is 0 Å². The van der Waals surface area contributed by atoms with E-state index in [1.165, 1.54) is 18.2 Å². The molecule has 1 aromatic rings. The van der Waals surface area contributed by atoms with Crippen molar-refractivity contribution in [3.63, 3.8) is 0 Å². The summed E-state index contributed by atoms with van der Waals surface area (Å²) in [6.07, 6.45) is 0. The molecule has 110 valence electrons. The first-order valence-corrected chi connectivity index (χ1v) is 6.26. The molecule has 0 heterocycles. The second kappa shape index (κ2) is 6.33. The van der Waals surface area contributed by atoms with Crippen LogP contribution in [0.2, 0.25) is 0 Å². The highest BCUT2D eigenvalue weighted by Gasteiger charge is 2.23. The van der Waals surface area contributed by atoms with Crippen molar-refractivity contribution >= 4 is 17.3 Å². The topological polar surface area (TPSA) is 104 Å². The van der Waals surface area contributed by atoms with E-state index in [2.05, 4.69) is 10.6 Å². The molecule has 0 saturated heterocycles. The molecular weight excluding hydrogens is 262 g/mol. The second-order valence-corrected chi connectivity index (χ2v) is 5.02. The van der Waals surface area contributed by atoms with Gasteiger partial charge in [-0.05, 0) is 32.9 Å². The van der Waals surface area contributed by atoms with Crippen LogP contribution < -0.4 is 10.6 Å². The molecule has 1 amide bonds. The predicted molar refractivity (Wildman–Crippen MR) is 75.9 cm³/mol. The number of nitro benzene ring substituents is 1. The molecule has 7 heteroatoms. The number of nitrogens with one attached hydrogen (secondary N) is 2. The Labute approximate surface area is 117 Å². The number of amides is 1. The van der Waals surface area contributed by atoms with Gasteiger partial charge in [0.15, 0.2) is 0 Å². The zero-order valence-electron chi connectivity index (χ0n) is 11.8. The lowest BCUT2D eigenvalue weighted by molar-refractivity contribution is -0.384. The molecule has 0 spiro atoms. The Morgan fingerprint density at radius 3 is 2.60 bits per heavy atom. The molecule has 0 fully saturated rings. The minimum Gasteiger partial charge on any atom is -0.394 e. The van der Waals surface area contributed by atoms with Gasteiger partial charge in [-0.2, -0.15) is 0 Å². The molecule has 1 rings (SSSR count). The molecule has 0 atom stereocenters. The fraction of sp³-hybridized carbons (Fsp3) is 0.462. The van der Waals surface area contributed by atoms with E-state index in [-0.39, 0.29) is 29.5 Å². The average molecular weight is 281 g/mol. The summed E-state index contributed by atoms with van der Waals surface area (Å²) in [5.74, 6) is -0.358. The number of anilines is 1. The van der Waals surface area contributed by atoms with Crippen LogP contribution in [0.5, 0.6) is 0 Å². The standard InChI is InChI=1S/C13H19N3O4/c1-4-14-12(18)9-5-6-10(11(7-9)16(19)20)15-13(2,3)8-17/h5-7,15,17H,4,8H2,1-3H3,(H,14,18). The summed E-state index contributed by atoms with van der Waals surface area (Å²) in [5.41, 5.74) is -0.402. The number of nitro groups is 1. The van der Waals surface area contributed by atoms with Crippen molar-refractivity contribution in [1.29, 1.82) is 0 Å². The summed E-state index contributed by atoms with van der Waals surface area (Å²) >= 11 is 0. The lowest BCUT2D eigenvalue weighted by atomic mass is 10.1. The zero-order valence-corrected chi connectivity index (χ0v) is 11.8. The van der Waals surface area contributed by atoms with Gasteiger partial charge in [0, 0.05) is 18.2 Å². The molecular formula is C13H19N3O4. The summed E-state index contributed by atoms with van der Waals surface area (Å²) in [4.78, 5) is 22.2. The molecule has 0 radical (unpaired) electrons. The Balaban J connectivity index is 3.15. The van der Waals surface area contributed by atoms with Crippen molar-refractivity contribution in [1.82, 2.24) is 5.32 Å². The fourth-order valence-corrected chi connectivity index (χ4v) is 1.60. The largest absolute Gasteiger partial charge is 0.394 e. The Bertz CT molecular complexity index is 514. The average Bonchev–Trinajstić information content (AvgIpc) is 2.38. The van der Waals surface area contributed by atoms with E-state index >= 15 is 0 Å². The molecule has 0 bridgehead atoms. The van der Waals surface area contributed by atoms with Gasteiger partial charge < -0.3 is 15.7 Å². The molecule has 0 unspecified atom stereocenters. The highest BCUT2D eigenvalue weighted by Crippen LogP contribution is 2.28. The van der Waals surface area contributed by atoms with Crippen LogP contribution >= 0.6 is 0 Å². The van der Waals surface area contributed by atoms with E-state index in [9.17, 15) is 20.0 Å². The number of carbonyl (C=O) groups excluding carboxylic acids is 1. The highest BCUT2D eigenvalue weighted by molar-refractivity contribution is 5.95. The van der Waals surface area contributed by atoms with E-state index < -0.39 is 10.5 Å². The normalized spacial score (nSPS) is 11.0. The van der Waals surface area contributed by atoms with Crippen LogP contribution in [-0.2, 0) is 0 Å².